The number of primary amides is 1. The predicted octanol–water partition coefficient (Wildman–Crippen LogP) is 1.88. The van der Waals surface area contributed by atoms with Crippen molar-refractivity contribution in [3.63, 3.8) is 0 Å². The molecule has 0 aromatic heterocycles. The van der Waals surface area contributed by atoms with Crippen LogP contribution in [0.3, 0.4) is 0 Å². The molecule has 4 rings (SSSR count). The molecule has 1 amide bonds. The molecule has 0 aliphatic heterocycles. The van der Waals surface area contributed by atoms with Crippen molar-refractivity contribution < 1.29 is 34.8 Å². The van der Waals surface area contributed by atoms with Crippen LogP contribution in [-0.2, 0) is 16.0 Å². The van der Waals surface area contributed by atoms with E-state index in [2.05, 4.69) is 11.5 Å². The highest BCUT2D eigenvalue weighted by Gasteiger charge is 2.59. The van der Waals surface area contributed by atoms with Crippen LogP contribution >= 0.6 is 0 Å². The van der Waals surface area contributed by atoms with Gasteiger partial charge in [-0.1, -0.05) is 25.6 Å². The molecule has 0 unspecified atom stereocenters. The molecule has 190 valence electrons. The van der Waals surface area contributed by atoms with Gasteiger partial charge >= 0.3 is 0 Å². The van der Waals surface area contributed by atoms with E-state index in [0.717, 1.165) is 0 Å². The largest absolute Gasteiger partial charge is 0.511 e. The summed E-state index contributed by atoms with van der Waals surface area (Å²) in [4.78, 5) is 40.5. The number of benzene rings is 1. The number of carbonyl (C=O) groups excluding carboxylic acids is 3. The van der Waals surface area contributed by atoms with Crippen LogP contribution in [0.4, 0.5) is 5.69 Å². The van der Waals surface area contributed by atoms with Crippen molar-refractivity contribution in [1.82, 2.24) is 0 Å². The van der Waals surface area contributed by atoms with Crippen LogP contribution in [0, 0.1) is 23.3 Å². The van der Waals surface area contributed by atoms with Gasteiger partial charge in [0.15, 0.2) is 11.4 Å². The number of aliphatic hydroxyl groups excluding tert-OH is 2. The quantitative estimate of drug-likeness (QED) is 0.229. The third kappa shape index (κ3) is 3.70. The number of aliphatic hydroxyl groups is 3. The van der Waals surface area contributed by atoms with Gasteiger partial charge in [-0.15, -0.1) is 5.54 Å². The Morgan fingerprint density at radius 2 is 1.81 bits per heavy atom. The minimum absolute atomic E-state index is 0.0299. The zero-order valence-corrected chi connectivity index (χ0v) is 21.9. The molecule has 0 radical (unpaired) electrons. The number of rotatable bonds is 2. The Kier molecular flexibility index (Phi) is 5.85. The first kappa shape index (κ1) is 25.5. The lowest BCUT2D eigenvalue weighted by molar-refractivity contribution is -0.144. The van der Waals surface area contributed by atoms with Crippen molar-refractivity contribution in [1.29, 1.82) is 0 Å². The highest BCUT2D eigenvalue weighted by molar-refractivity contribution is 6.83. The normalized spacial score (nSPS) is 25.5. The number of hydrogen-bond donors (Lipinski definition) is 5. The lowest BCUT2D eigenvalue weighted by atomic mass is 9.60. The maximum Gasteiger partial charge on any atom is 0.255 e. The summed E-state index contributed by atoms with van der Waals surface area (Å²) >= 11 is 0. The lowest BCUT2D eigenvalue weighted by Crippen LogP contribution is -2.57. The SMILES string of the molecule is CN(C)c1cc(C#C[Si](C)(C)C)c(O)c2c1C[C@H]1C[C@H]3CC(O)=C(C(N)=O)C(=O)[C@@]3(O)C(O)=C1C2=O. The summed E-state index contributed by atoms with van der Waals surface area (Å²) in [6.07, 6.45) is 0.0807. The minimum atomic E-state index is -2.58. The smallest absolute Gasteiger partial charge is 0.255 e. The summed E-state index contributed by atoms with van der Waals surface area (Å²) in [5, 5.41) is 43.9. The topological polar surface area (TPSA) is 161 Å². The third-order valence-corrected chi connectivity index (χ3v) is 7.97. The molecule has 0 saturated heterocycles. The molecular weight excluding hydrogens is 480 g/mol. The molecule has 0 heterocycles. The Morgan fingerprint density at radius 1 is 1.17 bits per heavy atom. The average molecular weight is 511 g/mol. The first-order valence-electron chi connectivity index (χ1n) is 11.7. The number of hydrogen-bond acceptors (Lipinski definition) is 8. The van der Waals surface area contributed by atoms with Crippen LogP contribution in [0.5, 0.6) is 5.75 Å². The van der Waals surface area contributed by atoms with Gasteiger partial charge in [-0.25, -0.2) is 0 Å². The number of carbonyl (C=O) groups is 3. The summed E-state index contributed by atoms with van der Waals surface area (Å²) in [5.41, 5.74) is 6.38. The van der Waals surface area contributed by atoms with Gasteiger partial charge in [0.2, 0.25) is 5.78 Å². The summed E-state index contributed by atoms with van der Waals surface area (Å²) in [6.45, 7) is 6.15. The van der Waals surface area contributed by atoms with Gasteiger partial charge in [-0.3, -0.25) is 14.4 Å². The summed E-state index contributed by atoms with van der Waals surface area (Å²) in [7, 11) is 1.81. The second-order valence-electron chi connectivity index (χ2n) is 11.0. The van der Waals surface area contributed by atoms with E-state index in [1.54, 1.807) is 6.07 Å². The Morgan fingerprint density at radius 3 is 2.36 bits per heavy atom. The molecule has 0 spiro atoms. The van der Waals surface area contributed by atoms with E-state index in [-0.39, 0.29) is 41.7 Å². The number of phenolic OH excluding ortho intramolecular Hbond substituents is 1. The van der Waals surface area contributed by atoms with Crippen LogP contribution < -0.4 is 10.6 Å². The number of aromatic hydroxyl groups is 1. The molecule has 1 aromatic rings. The van der Waals surface area contributed by atoms with Crippen LogP contribution in [0.1, 0.15) is 34.3 Å². The van der Waals surface area contributed by atoms with Gasteiger partial charge in [0.1, 0.15) is 30.9 Å². The van der Waals surface area contributed by atoms with Gasteiger partial charge in [0.25, 0.3) is 5.91 Å². The highest BCUT2D eigenvalue weighted by atomic mass is 28.3. The van der Waals surface area contributed by atoms with Crippen LogP contribution in [0.25, 0.3) is 0 Å². The Labute approximate surface area is 209 Å². The fourth-order valence-corrected chi connectivity index (χ4v) is 5.93. The molecule has 36 heavy (non-hydrogen) atoms. The standard InChI is InChI=1S/C26H30N2O7Si/c1-28(2)16-10-12(6-7-36(3,4)5)21(30)19-15(16)9-13-8-14-11-17(29)20(25(27)34)24(33)26(14,35)23(32)18(13)22(19)31/h10,13-14,29-30,32,35H,8-9,11H2,1-5H3,(H2,27,34)/t13-,14+,26+/m1/s1. The minimum Gasteiger partial charge on any atom is -0.511 e. The molecule has 9 nitrogen and oxygen atoms in total. The van der Waals surface area contributed by atoms with Crippen molar-refractivity contribution in [3.05, 3.63) is 45.4 Å². The van der Waals surface area contributed by atoms with E-state index in [0.29, 0.717) is 11.3 Å². The lowest BCUT2D eigenvalue weighted by Gasteiger charge is -2.45. The van der Waals surface area contributed by atoms with E-state index in [4.69, 9.17) is 5.73 Å². The summed E-state index contributed by atoms with van der Waals surface area (Å²) < 4.78 is 0. The fourth-order valence-electron chi connectivity index (χ4n) is 5.42. The summed E-state index contributed by atoms with van der Waals surface area (Å²) in [6, 6.07) is 1.74. The van der Waals surface area contributed by atoms with Crippen molar-refractivity contribution >= 4 is 31.2 Å². The Balaban J connectivity index is 1.94. The van der Waals surface area contributed by atoms with E-state index in [1.165, 1.54) is 0 Å². The van der Waals surface area contributed by atoms with Crippen molar-refractivity contribution in [2.24, 2.45) is 17.6 Å². The van der Waals surface area contributed by atoms with Crippen molar-refractivity contribution in [2.75, 3.05) is 19.0 Å². The molecule has 3 aliphatic carbocycles. The second kappa shape index (κ2) is 8.25. The van der Waals surface area contributed by atoms with Gasteiger partial charge in [-0.2, -0.15) is 0 Å². The molecule has 3 atom stereocenters. The van der Waals surface area contributed by atoms with Crippen molar-refractivity contribution in [2.45, 2.75) is 44.5 Å². The van der Waals surface area contributed by atoms with E-state index in [9.17, 15) is 34.8 Å². The molecule has 3 aliphatic rings. The molecule has 0 bridgehead atoms. The van der Waals surface area contributed by atoms with Crippen LogP contribution in [0.15, 0.2) is 28.7 Å². The van der Waals surface area contributed by atoms with Gasteiger partial charge < -0.3 is 31.1 Å². The number of allylic oxidation sites excluding steroid dienone is 2. The van der Waals surface area contributed by atoms with Gasteiger partial charge in [-0.05, 0) is 30.4 Å². The highest BCUT2D eigenvalue weighted by Crippen LogP contribution is 2.52. The molecule has 0 fully saturated rings. The van der Waals surface area contributed by atoms with Crippen LogP contribution in [0.2, 0.25) is 19.6 Å². The summed E-state index contributed by atoms with van der Waals surface area (Å²) in [5.74, 6) is -3.45. The first-order chi connectivity index (χ1) is 16.6. The van der Waals surface area contributed by atoms with Crippen LogP contribution in [-0.4, -0.2) is 65.7 Å². The second-order valence-corrected chi connectivity index (χ2v) is 15.7. The number of ketones is 2. The number of Topliss-reactive ketones (excluding diaryl/α,β-unsaturated/α-hetero) is 2. The maximum absolute atomic E-state index is 13.8. The van der Waals surface area contributed by atoms with Gasteiger partial charge in [0, 0.05) is 37.7 Å². The molecule has 1 aromatic carbocycles. The molecule has 0 saturated carbocycles. The molecule has 10 heteroatoms. The molecule has 6 N–H and O–H groups in total. The maximum atomic E-state index is 13.8. The molecular formula is C26H30N2O7Si. The Bertz CT molecular complexity index is 1360. The Hall–Kier alpha value is -3.55. The number of fused-ring (bicyclic) bond motifs is 3. The zero-order valence-electron chi connectivity index (χ0n) is 20.9. The van der Waals surface area contributed by atoms with Gasteiger partial charge in [0.05, 0.1) is 11.1 Å². The van der Waals surface area contributed by atoms with Crippen molar-refractivity contribution in [3.8, 4) is 17.2 Å². The first-order valence-corrected chi connectivity index (χ1v) is 15.2. The average Bonchev–Trinajstić information content (AvgIpc) is 2.74. The third-order valence-electron chi connectivity index (χ3n) is 7.09. The fraction of sp³-hybridized carbons (Fsp3) is 0.423. The zero-order chi connectivity index (χ0) is 26.9. The number of amides is 1. The monoisotopic (exact) mass is 510 g/mol. The van der Waals surface area contributed by atoms with E-state index in [1.807, 2.05) is 38.6 Å². The number of nitrogens with two attached hydrogens (primary N) is 1. The van der Waals surface area contributed by atoms with E-state index < -0.39 is 60.1 Å². The predicted molar refractivity (Wildman–Crippen MR) is 135 cm³/mol. The number of phenols is 1. The van der Waals surface area contributed by atoms with E-state index >= 15 is 0 Å². The number of nitrogens with zero attached hydrogens (tertiary/aromatic N) is 1. The number of anilines is 1.